The van der Waals surface area contributed by atoms with E-state index in [-0.39, 0.29) is 12.3 Å². The summed E-state index contributed by atoms with van der Waals surface area (Å²) in [6, 6.07) is 2.57. The number of rotatable bonds is 5. The number of hydrogen-bond acceptors (Lipinski definition) is 7. The molecule has 4 rings (SSSR count). The van der Waals surface area contributed by atoms with Crippen LogP contribution in [-0.2, 0) is 10.9 Å². The fraction of sp³-hybridized carbons (Fsp3) is 0.150. The topological polar surface area (TPSA) is 95.9 Å². The molecule has 4 aromatic rings. The van der Waals surface area contributed by atoms with Gasteiger partial charge in [0, 0.05) is 12.4 Å². The summed E-state index contributed by atoms with van der Waals surface area (Å²) in [7, 11) is 0. The van der Waals surface area contributed by atoms with Crippen LogP contribution in [0.1, 0.15) is 23.0 Å². The molecule has 0 aromatic carbocycles. The lowest BCUT2D eigenvalue weighted by atomic mass is 10.0. The van der Waals surface area contributed by atoms with Crippen LogP contribution in [0.3, 0.4) is 0 Å². The number of halogens is 5. The van der Waals surface area contributed by atoms with Crippen molar-refractivity contribution < 1.29 is 36.0 Å². The summed E-state index contributed by atoms with van der Waals surface area (Å²) >= 11 is 0. The number of aromatic nitrogens is 5. The van der Waals surface area contributed by atoms with E-state index in [2.05, 4.69) is 20.2 Å². The van der Waals surface area contributed by atoms with Gasteiger partial charge in [0.1, 0.15) is 11.3 Å². The Bertz CT molecular complexity index is 1300. The minimum absolute atomic E-state index is 0.0206. The summed E-state index contributed by atoms with van der Waals surface area (Å²) in [4.78, 5) is 19.7. The Morgan fingerprint density at radius 3 is 2.36 bits per heavy atom. The molecular formula is C20H12F5N5O3. The Labute approximate surface area is 181 Å². The zero-order chi connectivity index (χ0) is 23.8. The number of carbonyl (C=O) groups excluding carboxylic acids is 1. The molecule has 0 amide bonds. The predicted molar refractivity (Wildman–Crippen MR) is 101 cm³/mol. The highest BCUT2D eigenvalue weighted by Crippen LogP contribution is 2.42. The molecule has 0 aliphatic heterocycles. The van der Waals surface area contributed by atoms with Crippen molar-refractivity contribution in [3.05, 3.63) is 66.0 Å². The Morgan fingerprint density at radius 2 is 1.76 bits per heavy atom. The molecule has 0 unspecified atom stereocenters. The van der Waals surface area contributed by atoms with Crippen molar-refractivity contribution in [3.63, 3.8) is 0 Å². The van der Waals surface area contributed by atoms with Crippen LogP contribution in [-0.4, -0.2) is 37.5 Å². The molecule has 8 nitrogen and oxygen atoms in total. The second kappa shape index (κ2) is 8.41. The van der Waals surface area contributed by atoms with E-state index in [4.69, 9.17) is 9.26 Å². The van der Waals surface area contributed by atoms with E-state index >= 15 is 0 Å². The van der Waals surface area contributed by atoms with Gasteiger partial charge in [0.2, 0.25) is 0 Å². The van der Waals surface area contributed by atoms with E-state index < -0.39 is 57.6 Å². The molecule has 0 atom stereocenters. The SMILES string of the molecule is CCOC(=O)c1c(-c2c(F)cncc2F)noc1-c1cnn(-c2ccncc2)c1C(F)(F)F. The highest BCUT2D eigenvalue weighted by Gasteiger charge is 2.42. The summed E-state index contributed by atoms with van der Waals surface area (Å²) in [6.07, 6.45) is -0.323. The highest BCUT2D eigenvalue weighted by molar-refractivity contribution is 6.02. The van der Waals surface area contributed by atoms with Gasteiger partial charge in [0.25, 0.3) is 0 Å². The fourth-order valence-electron chi connectivity index (χ4n) is 3.14. The van der Waals surface area contributed by atoms with Gasteiger partial charge in [-0.1, -0.05) is 5.16 Å². The number of hydrogen-bond donors (Lipinski definition) is 0. The van der Waals surface area contributed by atoms with Gasteiger partial charge >= 0.3 is 12.1 Å². The molecule has 0 aliphatic rings. The standard InChI is InChI=1S/C20H12F5N5O3/c1-2-32-19(31)15-16(14-12(21)8-27-9-13(14)22)29-33-17(15)11-7-28-30(18(11)20(23,24)25)10-3-5-26-6-4-10/h3-9H,2H2,1H3. The third-order valence-corrected chi connectivity index (χ3v) is 4.45. The number of pyridine rings is 2. The number of carbonyl (C=O) groups is 1. The van der Waals surface area contributed by atoms with E-state index in [1.54, 1.807) is 0 Å². The van der Waals surface area contributed by atoms with Crippen LogP contribution in [0.15, 0.2) is 47.6 Å². The molecule has 4 heterocycles. The van der Waals surface area contributed by atoms with Crippen LogP contribution in [0.5, 0.6) is 0 Å². The molecule has 170 valence electrons. The van der Waals surface area contributed by atoms with Crippen LogP contribution >= 0.6 is 0 Å². The summed E-state index contributed by atoms with van der Waals surface area (Å²) in [6.45, 7) is 1.27. The smallest absolute Gasteiger partial charge is 0.434 e. The second-order valence-electron chi connectivity index (χ2n) is 6.46. The monoisotopic (exact) mass is 465 g/mol. The van der Waals surface area contributed by atoms with Gasteiger partial charge in [-0.05, 0) is 19.1 Å². The molecule has 0 spiro atoms. The molecule has 0 saturated carbocycles. The summed E-state index contributed by atoms with van der Waals surface area (Å²) < 4.78 is 81.4. The first-order valence-electron chi connectivity index (χ1n) is 9.26. The Hall–Kier alpha value is -4.16. The Kier molecular flexibility index (Phi) is 5.62. The molecule has 0 aliphatic carbocycles. The first-order chi connectivity index (χ1) is 15.7. The normalized spacial score (nSPS) is 11.6. The van der Waals surface area contributed by atoms with Gasteiger partial charge in [-0.3, -0.25) is 9.97 Å². The second-order valence-corrected chi connectivity index (χ2v) is 6.46. The fourth-order valence-corrected chi connectivity index (χ4v) is 3.14. The van der Waals surface area contributed by atoms with Crippen LogP contribution in [0.25, 0.3) is 28.3 Å². The maximum atomic E-state index is 14.3. The van der Waals surface area contributed by atoms with Gasteiger partial charge < -0.3 is 9.26 Å². The lowest BCUT2D eigenvalue weighted by Crippen LogP contribution is -2.15. The first-order valence-corrected chi connectivity index (χ1v) is 9.26. The molecule has 0 bridgehead atoms. The summed E-state index contributed by atoms with van der Waals surface area (Å²) in [5, 5.41) is 7.26. The maximum absolute atomic E-state index is 14.3. The zero-order valence-electron chi connectivity index (χ0n) is 16.6. The molecule has 0 saturated heterocycles. The average Bonchev–Trinajstić information content (AvgIpc) is 3.39. The lowest BCUT2D eigenvalue weighted by Gasteiger charge is -2.12. The van der Waals surface area contributed by atoms with E-state index in [9.17, 15) is 26.7 Å². The van der Waals surface area contributed by atoms with Crippen LogP contribution in [0.2, 0.25) is 0 Å². The number of ether oxygens (including phenoxy) is 1. The van der Waals surface area contributed by atoms with E-state index in [0.29, 0.717) is 17.1 Å². The predicted octanol–water partition coefficient (Wildman–Crippen LogP) is 4.46. The molecule has 33 heavy (non-hydrogen) atoms. The van der Waals surface area contributed by atoms with Gasteiger partial charge in [0.15, 0.2) is 23.1 Å². The van der Waals surface area contributed by atoms with Crippen molar-refractivity contribution in [2.75, 3.05) is 6.61 Å². The third kappa shape index (κ3) is 3.92. The maximum Gasteiger partial charge on any atom is 0.434 e. The van der Waals surface area contributed by atoms with Gasteiger partial charge in [-0.2, -0.15) is 18.3 Å². The van der Waals surface area contributed by atoms with Gasteiger partial charge in [0.05, 0.1) is 42.0 Å². The van der Waals surface area contributed by atoms with Gasteiger partial charge in [-0.25, -0.2) is 18.3 Å². The minimum atomic E-state index is -4.97. The van der Waals surface area contributed by atoms with Crippen molar-refractivity contribution in [1.82, 2.24) is 24.9 Å². The molecule has 0 fully saturated rings. The van der Waals surface area contributed by atoms with E-state index in [1.807, 2.05) is 0 Å². The molecular weight excluding hydrogens is 453 g/mol. The minimum Gasteiger partial charge on any atom is -0.462 e. The number of alkyl halides is 3. The number of nitrogens with zero attached hydrogens (tertiary/aromatic N) is 5. The largest absolute Gasteiger partial charge is 0.462 e. The molecule has 0 N–H and O–H groups in total. The van der Waals surface area contributed by atoms with Crippen LogP contribution < -0.4 is 0 Å². The van der Waals surface area contributed by atoms with Crippen molar-refractivity contribution >= 4 is 5.97 Å². The van der Waals surface area contributed by atoms with Crippen LogP contribution in [0, 0.1) is 11.6 Å². The Balaban J connectivity index is 2.00. The van der Waals surface area contributed by atoms with Gasteiger partial charge in [-0.15, -0.1) is 0 Å². The van der Waals surface area contributed by atoms with Crippen molar-refractivity contribution in [1.29, 1.82) is 0 Å². The molecule has 13 heteroatoms. The summed E-state index contributed by atoms with van der Waals surface area (Å²) in [5.41, 5.74) is -4.15. The zero-order valence-corrected chi connectivity index (χ0v) is 16.6. The van der Waals surface area contributed by atoms with E-state index in [1.165, 1.54) is 31.5 Å². The molecule has 4 aromatic heterocycles. The third-order valence-electron chi connectivity index (χ3n) is 4.45. The average molecular weight is 465 g/mol. The lowest BCUT2D eigenvalue weighted by molar-refractivity contribution is -0.142. The summed E-state index contributed by atoms with van der Waals surface area (Å²) in [5.74, 6) is -4.32. The van der Waals surface area contributed by atoms with Crippen molar-refractivity contribution in [2.45, 2.75) is 13.1 Å². The highest BCUT2D eigenvalue weighted by atomic mass is 19.4. The Morgan fingerprint density at radius 1 is 1.09 bits per heavy atom. The number of esters is 1. The van der Waals surface area contributed by atoms with Crippen molar-refractivity contribution in [3.8, 4) is 28.3 Å². The van der Waals surface area contributed by atoms with E-state index in [0.717, 1.165) is 6.20 Å². The quantitative estimate of drug-likeness (QED) is 0.317. The van der Waals surface area contributed by atoms with Crippen LogP contribution in [0.4, 0.5) is 22.0 Å². The first kappa shape index (κ1) is 22.0. The molecule has 0 radical (unpaired) electrons. The van der Waals surface area contributed by atoms with Crippen molar-refractivity contribution in [2.24, 2.45) is 0 Å².